The highest BCUT2D eigenvalue weighted by atomic mass is 32.2. The summed E-state index contributed by atoms with van der Waals surface area (Å²) >= 11 is 0. The van der Waals surface area contributed by atoms with Crippen LogP contribution >= 0.6 is 0 Å². The summed E-state index contributed by atoms with van der Waals surface area (Å²) < 4.78 is 27.8. The lowest BCUT2D eigenvalue weighted by Gasteiger charge is -2.20. The van der Waals surface area contributed by atoms with E-state index in [0.717, 1.165) is 18.4 Å². The van der Waals surface area contributed by atoms with Gasteiger partial charge >= 0.3 is 5.97 Å². The molecule has 20 heavy (non-hydrogen) atoms. The van der Waals surface area contributed by atoms with Gasteiger partial charge in [0.1, 0.15) is 6.04 Å². The summed E-state index contributed by atoms with van der Waals surface area (Å²) in [6, 6.07) is 7.82. The molecule has 7 heteroatoms. The van der Waals surface area contributed by atoms with Crippen molar-refractivity contribution in [2.24, 2.45) is 0 Å². The minimum atomic E-state index is -3.72. The molecule has 2 N–H and O–H groups in total. The Morgan fingerprint density at radius 2 is 1.85 bits per heavy atom. The van der Waals surface area contributed by atoms with Gasteiger partial charge in [0.2, 0.25) is 0 Å². The van der Waals surface area contributed by atoms with Gasteiger partial charge in [-0.2, -0.15) is 17.4 Å². The second-order valence-electron chi connectivity index (χ2n) is 4.81. The van der Waals surface area contributed by atoms with E-state index in [4.69, 9.17) is 0 Å². The molecule has 0 amide bonds. The first kappa shape index (κ1) is 15.0. The number of hydrogen-bond donors (Lipinski definition) is 2. The Hall–Kier alpha value is -1.44. The molecule has 6 nitrogen and oxygen atoms in total. The van der Waals surface area contributed by atoms with Gasteiger partial charge in [-0.1, -0.05) is 30.3 Å². The number of rotatable bonds is 6. The molecule has 1 aromatic carbocycles. The van der Waals surface area contributed by atoms with Crippen molar-refractivity contribution < 1.29 is 18.3 Å². The number of nitrogens with one attached hydrogen (secondary N) is 1. The fourth-order valence-electron chi connectivity index (χ4n) is 2.21. The second-order valence-corrected chi connectivity index (χ2v) is 6.51. The first-order chi connectivity index (χ1) is 9.49. The molecule has 0 bridgehead atoms. The Bertz CT molecular complexity index is 553. The Morgan fingerprint density at radius 3 is 2.40 bits per heavy atom. The predicted octanol–water partition coefficient (Wildman–Crippen LogP) is 0.613. The van der Waals surface area contributed by atoms with Crippen LogP contribution in [0, 0.1) is 0 Å². The smallest absolute Gasteiger partial charge is 0.322 e. The van der Waals surface area contributed by atoms with Crippen molar-refractivity contribution in [1.82, 2.24) is 9.03 Å². The molecule has 0 radical (unpaired) electrons. The molecule has 0 aromatic heterocycles. The summed E-state index contributed by atoms with van der Waals surface area (Å²) in [6.45, 7) is 0.903. The molecule has 0 aliphatic carbocycles. The van der Waals surface area contributed by atoms with Gasteiger partial charge in [-0.25, -0.2) is 0 Å². The first-order valence-electron chi connectivity index (χ1n) is 6.53. The van der Waals surface area contributed by atoms with Crippen molar-refractivity contribution in [2.75, 3.05) is 13.1 Å². The standard InChI is InChI=1S/C13H18N2O4S/c16-13(17)12(10-11-6-2-1-3-7-11)14-20(18,19)15-8-4-5-9-15/h1-3,6-7,12,14H,4-5,8-10H2,(H,16,17)/t12-/m1/s1. The largest absolute Gasteiger partial charge is 0.480 e. The minimum Gasteiger partial charge on any atom is -0.480 e. The van der Waals surface area contributed by atoms with Gasteiger partial charge in [0.25, 0.3) is 10.2 Å². The van der Waals surface area contributed by atoms with Gasteiger partial charge < -0.3 is 5.11 Å². The van der Waals surface area contributed by atoms with E-state index in [9.17, 15) is 18.3 Å². The minimum absolute atomic E-state index is 0.128. The molecule has 1 heterocycles. The van der Waals surface area contributed by atoms with Crippen LogP contribution in [0.2, 0.25) is 0 Å². The lowest BCUT2D eigenvalue weighted by atomic mass is 10.1. The molecule has 0 saturated carbocycles. The summed E-state index contributed by atoms with van der Waals surface area (Å²) in [4.78, 5) is 11.3. The normalized spacial score (nSPS) is 18.0. The summed E-state index contributed by atoms with van der Waals surface area (Å²) in [5, 5.41) is 9.20. The summed E-state index contributed by atoms with van der Waals surface area (Å²) in [6.07, 6.45) is 1.76. The summed E-state index contributed by atoms with van der Waals surface area (Å²) in [5.74, 6) is -1.17. The highest BCUT2D eigenvalue weighted by Crippen LogP contribution is 2.13. The Labute approximate surface area is 118 Å². The maximum atomic E-state index is 12.1. The van der Waals surface area contributed by atoms with Crippen molar-refractivity contribution >= 4 is 16.2 Å². The van der Waals surface area contributed by atoms with Crippen molar-refractivity contribution in [3.05, 3.63) is 35.9 Å². The number of hydrogen-bond acceptors (Lipinski definition) is 3. The number of aliphatic carboxylic acids is 1. The van der Waals surface area contributed by atoms with E-state index in [1.807, 2.05) is 6.07 Å². The van der Waals surface area contributed by atoms with E-state index in [2.05, 4.69) is 4.72 Å². The molecule has 2 rings (SSSR count). The topological polar surface area (TPSA) is 86.7 Å². The molecule has 110 valence electrons. The lowest BCUT2D eigenvalue weighted by molar-refractivity contribution is -0.138. The molecule has 1 aliphatic heterocycles. The van der Waals surface area contributed by atoms with Crippen molar-refractivity contribution in [1.29, 1.82) is 0 Å². The van der Waals surface area contributed by atoms with Crippen LogP contribution in [0.25, 0.3) is 0 Å². The molecular formula is C13H18N2O4S. The lowest BCUT2D eigenvalue weighted by Crippen LogP contribution is -2.48. The monoisotopic (exact) mass is 298 g/mol. The fraction of sp³-hybridized carbons (Fsp3) is 0.462. The van der Waals surface area contributed by atoms with E-state index >= 15 is 0 Å². The van der Waals surface area contributed by atoms with E-state index < -0.39 is 22.2 Å². The van der Waals surface area contributed by atoms with Gasteiger partial charge in [0.15, 0.2) is 0 Å². The average Bonchev–Trinajstić information content (AvgIpc) is 2.93. The van der Waals surface area contributed by atoms with Crippen LogP contribution in [0.5, 0.6) is 0 Å². The van der Waals surface area contributed by atoms with Crippen LogP contribution in [-0.2, 0) is 21.4 Å². The first-order valence-corrected chi connectivity index (χ1v) is 7.97. The van der Waals surface area contributed by atoms with Gasteiger partial charge in [-0.05, 0) is 24.8 Å². The third-order valence-electron chi connectivity index (χ3n) is 3.28. The Morgan fingerprint density at radius 1 is 1.25 bits per heavy atom. The number of carboxylic acid groups (broad SMARTS) is 1. The third kappa shape index (κ3) is 3.78. The number of carboxylic acids is 1. The van der Waals surface area contributed by atoms with Gasteiger partial charge in [-0.3, -0.25) is 4.79 Å². The van der Waals surface area contributed by atoms with Crippen LogP contribution in [-0.4, -0.2) is 42.9 Å². The van der Waals surface area contributed by atoms with Gasteiger partial charge in [0.05, 0.1) is 0 Å². The van der Waals surface area contributed by atoms with Gasteiger partial charge in [-0.15, -0.1) is 0 Å². The maximum Gasteiger partial charge on any atom is 0.322 e. The fourth-order valence-corrected chi connectivity index (χ4v) is 3.64. The molecule has 1 atom stereocenters. The SMILES string of the molecule is O=C(O)[C@@H](Cc1ccccc1)NS(=O)(=O)N1CCCC1. The highest BCUT2D eigenvalue weighted by Gasteiger charge is 2.30. The number of carbonyl (C=O) groups is 1. The van der Waals surface area contributed by atoms with Crippen molar-refractivity contribution in [2.45, 2.75) is 25.3 Å². The van der Waals surface area contributed by atoms with Crippen molar-refractivity contribution in [3.63, 3.8) is 0 Å². The van der Waals surface area contributed by atoms with Crippen LogP contribution in [0.4, 0.5) is 0 Å². The predicted molar refractivity (Wildman–Crippen MR) is 74.4 cm³/mol. The van der Waals surface area contributed by atoms with E-state index in [1.165, 1.54) is 4.31 Å². The Balaban J connectivity index is 2.08. The van der Waals surface area contributed by atoms with Crippen molar-refractivity contribution in [3.8, 4) is 0 Å². The molecule has 1 aromatic rings. The third-order valence-corrected chi connectivity index (χ3v) is 4.90. The molecule has 0 unspecified atom stereocenters. The molecule has 1 aliphatic rings. The molecular weight excluding hydrogens is 280 g/mol. The zero-order valence-electron chi connectivity index (χ0n) is 11.0. The highest BCUT2D eigenvalue weighted by molar-refractivity contribution is 7.87. The zero-order valence-corrected chi connectivity index (χ0v) is 11.8. The molecule has 1 fully saturated rings. The van der Waals surface area contributed by atoms with E-state index in [-0.39, 0.29) is 6.42 Å². The molecule has 0 spiro atoms. The van der Waals surface area contributed by atoms with E-state index in [0.29, 0.717) is 13.1 Å². The maximum absolute atomic E-state index is 12.1. The van der Waals surface area contributed by atoms with Gasteiger partial charge in [0, 0.05) is 13.1 Å². The Kier molecular flexibility index (Phi) is 4.74. The summed E-state index contributed by atoms with van der Waals surface area (Å²) in [5.41, 5.74) is 0.782. The molecule has 1 saturated heterocycles. The van der Waals surface area contributed by atoms with Crippen LogP contribution in [0.1, 0.15) is 18.4 Å². The van der Waals surface area contributed by atoms with Crippen LogP contribution < -0.4 is 4.72 Å². The summed E-state index contributed by atoms with van der Waals surface area (Å²) in [7, 11) is -3.72. The quantitative estimate of drug-likeness (QED) is 0.805. The average molecular weight is 298 g/mol. The number of nitrogens with zero attached hydrogens (tertiary/aromatic N) is 1. The van der Waals surface area contributed by atoms with E-state index in [1.54, 1.807) is 24.3 Å². The van der Waals surface area contributed by atoms with Crippen LogP contribution in [0.15, 0.2) is 30.3 Å². The zero-order chi connectivity index (χ0) is 14.6. The number of benzene rings is 1. The second kappa shape index (κ2) is 6.34. The van der Waals surface area contributed by atoms with Crippen LogP contribution in [0.3, 0.4) is 0 Å².